The van der Waals surface area contributed by atoms with Crippen molar-refractivity contribution in [3.63, 3.8) is 0 Å². The van der Waals surface area contributed by atoms with Crippen LogP contribution in [0.15, 0.2) is 18.2 Å². The molecule has 0 fully saturated rings. The first kappa shape index (κ1) is 14.5. The highest BCUT2D eigenvalue weighted by Crippen LogP contribution is 2.15. The quantitative estimate of drug-likeness (QED) is 0.769. The van der Waals surface area contributed by atoms with E-state index >= 15 is 0 Å². The number of hydrogen-bond acceptors (Lipinski definition) is 3. The largest absolute Gasteiger partial charge is 0.477 e. The van der Waals surface area contributed by atoms with Crippen LogP contribution < -0.4 is 4.74 Å². The predicted molar refractivity (Wildman–Crippen MR) is 70.0 cm³/mol. The van der Waals surface area contributed by atoms with Gasteiger partial charge >= 0.3 is 5.97 Å². The van der Waals surface area contributed by atoms with Crippen LogP contribution in [-0.4, -0.2) is 22.7 Å². The number of unbranched alkanes of at least 4 members (excludes halogenated alkanes) is 1. The number of nitrogens with zero attached hydrogens (tertiary/aromatic N) is 1. The highest BCUT2D eigenvalue weighted by Gasteiger charge is 2.09. The minimum Gasteiger partial charge on any atom is -0.477 e. The van der Waals surface area contributed by atoms with Crippen LogP contribution in [0.3, 0.4) is 0 Å². The summed E-state index contributed by atoms with van der Waals surface area (Å²) in [6.07, 6.45) is 4.60. The summed E-state index contributed by atoms with van der Waals surface area (Å²) in [5.74, 6) is -0.122. The van der Waals surface area contributed by atoms with Crippen LogP contribution in [0.2, 0.25) is 0 Å². The first-order valence-electron chi connectivity index (χ1n) is 6.50. The third-order valence-electron chi connectivity index (χ3n) is 2.95. The van der Waals surface area contributed by atoms with Gasteiger partial charge in [-0.2, -0.15) is 0 Å². The van der Waals surface area contributed by atoms with Gasteiger partial charge in [0.2, 0.25) is 5.88 Å². The van der Waals surface area contributed by atoms with E-state index in [0.717, 1.165) is 12.8 Å². The van der Waals surface area contributed by atoms with E-state index in [0.29, 0.717) is 18.4 Å². The zero-order valence-electron chi connectivity index (χ0n) is 11.1. The summed E-state index contributed by atoms with van der Waals surface area (Å²) in [5.41, 5.74) is 0.0223. The fourth-order valence-corrected chi connectivity index (χ4v) is 1.72. The number of pyridine rings is 1. The molecule has 0 bridgehead atoms. The van der Waals surface area contributed by atoms with Gasteiger partial charge in [0.25, 0.3) is 0 Å². The van der Waals surface area contributed by atoms with Crippen molar-refractivity contribution in [1.29, 1.82) is 0 Å². The molecule has 0 amide bonds. The molecule has 1 unspecified atom stereocenters. The summed E-state index contributed by atoms with van der Waals surface area (Å²) in [5, 5.41) is 8.83. The van der Waals surface area contributed by atoms with Crippen molar-refractivity contribution in [3.8, 4) is 5.88 Å². The lowest BCUT2D eigenvalue weighted by Gasteiger charge is -2.15. The van der Waals surface area contributed by atoms with Crippen molar-refractivity contribution in [3.05, 3.63) is 23.9 Å². The van der Waals surface area contributed by atoms with E-state index < -0.39 is 5.97 Å². The monoisotopic (exact) mass is 251 g/mol. The summed E-state index contributed by atoms with van der Waals surface area (Å²) < 4.78 is 5.57. The topological polar surface area (TPSA) is 59.4 Å². The van der Waals surface area contributed by atoms with E-state index in [9.17, 15) is 4.79 Å². The fraction of sp³-hybridized carbons (Fsp3) is 0.571. The minimum atomic E-state index is -1.03. The van der Waals surface area contributed by atoms with Gasteiger partial charge in [0, 0.05) is 6.07 Å². The highest BCUT2D eigenvalue weighted by atomic mass is 16.5. The number of aromatic carboxylic acids is 1. The Labute approximate surface area is 108 Å². The molecule has 100 valence electrons. The number of carbonyl (C=O) groups is 1. The molecule has 0 aliphatic heterocycles. The lowest BCUT2D eigenvalue weighted by atomic mass is 10.0. The summed E-state index contributed by atoms with van der Waals surface area (Å²) in [6.45, 7) is 4.92. The molecule has 0 aromatic carbocycles. The molecule has 4 nitrogen and oxygen atoms in total. The Balaban J connectivity index is 2.51. The first-order chi connectivity index (χ1) is 8.67. The van der Waals surface area contributed by atoms with Crippen LogP contribution in [0.25, 0.3) is 0 Å². The number of ether oxygens (including phenoxy) is 1. The summed E-state index contributed by atoms with van der Waals surface area (Å²) >= 11 is 0. The summed E-state index contributed by atoms with van der Waals surface area (Å²) in [7, 11) is 0. The average Bonchev–Trinajstić information content (AvgIpc) is 2.39. The molecule has 0 radical (unpaired) electrons. The molecule has 1 N–H and O–H groups in total. The molecule has 0 aliphatic carbocycles. The number of hydrogen-bond donors (Lipinski definition) is 1. The molecule has 0 spiro atoms. The van der Waals surface area contributed by atoms with Gasteiger partial charge in [0.15, 0.2) is 5.69 Å². The van der Waals surface area contributed by atoms with Crippen molar-refractivity contribution in [2.75, 3.05) is 6.61 Å². The second-order valence-corrected chi connectivity index (χ2v) is 4.39. The van der Waals surface area contributed by atoms with E-state index in [1.807, 2.05) is 0 Å². The lowest BCUT2D eigenvalue weighted by molar-refractivity contribution is 0.0689. The number of aromatic nitrogens is 1. The van der Waals surface area contributed by atoms with Gasteiger partial charge in [-0.05, 0) is 18.4 Å². The maximum absolute atomic E-state index is 10.8. The van der Waals surface area contributed by atoms with Crippen LogP contribution in [0, 0.1) is 5.92 Å². The smallest absolute Gasteiger partial charge is 0.354 e. The predicted octanol–water partition coefficient (Wildman–Crippen LogP) is 3.38. The van der Waals surface area contributed by atoms with E-state index in [1.54, 1.807) is 12.1 Å². The van der Waals surface area contributed by atoms with Crippen molar-refractivity contribution < 1.29 is 14.6 Å². The van der Waals surface area contributed by atoms with Crippen LogP contribution in [0.1, 0.15) is 50.0 Å². The first-order valence-corrected chi connectivity index (χ1v) is 6.50. The number of carboxylic acid groups (broad SMARTS) is 1. The molecule has 1 heterocycles. The van der Waals surface area contributed by atoms with Gasteiger partial charge in [0.05, 0.1) is 6.61 Å². The minimum absolute atomic E-state index is 0.0223. The molecular weight excluding hydrogens is 230 g/mol. The lowest BCUT2D eigenvalue weighted by Crippen LogP contribution is -2.12. The molecule has 1 aromatic rings. The van der Waals surface area contributed by atoms with E-state index in [-0.39, 0.29) is 5.69 Å². The summed E-state index contributed by atoms with van der Waals surface area (Å²) in [4.78, 5) is 14.7. The van der Waals surface area contributed by atoms with Crippen LogP contribution >= 0.6 is 0 Å². The molecule has 4 heteroatoms. The van der Waals surface area contributed by atoms with Crippen LogP contribution in [0.5, 0.6) is 5.88 Å². The van der Waals surface area contributed by atoms with Gasteiger partial charge in [0.1, 0.15) is 0 Å². The Morgan fingerprint density at radius 3 is 2.83 bits per heavy atom. The maximum atomic E-state index is 10.8. The van der Waals surface area contributed by atoms with Gasteiger partial charge in [-0.3, -0.25) is 0 Å². The van der Waals surface area contributed by atoms with Crippen molar-refractivity contribution >= 4 is 5.97 Å². The van der Waals surface area contributed by atoms with Gasteiger partial charge in [-0.15, -0.1) is 0 Å². The Morgan fingerprint density at radius 1 is 1.44 bits per heavy atom. The standard InChI is InChI=1S/C14H21NO3/c1-3-5-7-11(4-2)10-18-13-9-6-8-12(15-13)14(16)17/h6,8-9,11H,3-5,7,10H2,1-2H3,(H,16,17). The SMILES string of the molecule is CCCCC(CC)COc1cccc(C(=O)O)n1. The molecule has 0 aliphatic rings. The zero-order chi connectivity index (χ0) is 13.4. The molecular formula is C14H21NO3. The third-order valence-corrected chi connectivity index (χ3v) is 2.95. The van der Waals surface area contributed by atoms with Crippen molar-refractivity contribution in [1.82, 2.24) is 4.98 Å². The normalized spacial score (nSPS) is 12.1. The third kappa shape index (κ3) is 4.73. The van der Waals surface area contributed by atoms with Crippen LogP contribution in [0.4, 0.5) is 0 Å². The Morgan fingerprint density at radius 2 is 2.22 bits per heavy atom. The van der Waals surface area contributed by atoms with Gasteiger partial charge in [-0.25, -0.2) is 9.78 Å². The molecule has 1 aromatic heterocycles. The van der Waals surface area contributed by atoms with Crippen LogP contribution in [-0.2, 0) is 0 Å². The second kappa shape index (κ2) is 7.69. The maximum Gasteiger partial charge on any atom is 0.354 e. The molecule has 18 heavy (non-hydrogen) atoms. The van der Waals surface area contributed by atoms with Gasteiger partial charge < -0.3 is 9.84 Å². The molecule has 1 atom stereocenters. The fourth-order valence-electron chi connectivity index (χ4n) is 1.72. The van der Waals surface area contributed by atoms with Gasteiger partial charge in [-0.1, -0.05) is 39.2 Å². The second-order valence-electron chi connectivity index (χ2n) is 4.39. The Bertz CT molecular complexity index is 379. The number of rotatable bonds is 8. The number of carboxylic acids is 1. The van der Waals surface area contributed by atoms with Crippen molar-refractivity contribution in [2.45, 2.75) is 39.5 Å². The zero-order valence-corrected chi connectivity index (χ0v) is 11.1. The molecule has 0 saturated heterocycles. The molecule has 1 rings (SSSR count). The highest BCUT2D eigenvalue weighted by molar-refractivity contribution is 5.85. The van der Waals surface area contributed by atoms with E-state index in [1.165, 1.54) is 18.9 Å². The summed E-state index contributed by atoms with van der Waals surface area (Å²) in [6, 6.07) is 4.81. The Kier molecular flexibility index (Phi) is 6.19. The Hall–Kier alpha value is -1.58. The molecule has 0 saturated carbocycles. The van der Waals surface area contributed by atoms with Crippen molar-refractivity contribution in [2.24, 2.45) is 5.92 Å². The van der Waals surface area contributed by atoms with E-state index in [2.05, 4.69) is 18.8 Å². The average molecular weight is 251 g/mol. The van der Waals surface area contributed by atoms with E-state index in [4.69, 9.17) is 9.84 Å².